The molecule has 0 saturated carbocycles. The Labute approximate surface area is 186 Å². The largest absolute Gasteiger partial charge is 0.378 e. The molecule has 168 valence electrons. The number of carbonyl (C=O) groups is 1. The Morgan fingerprint density at radius 2 is 1.78 bits per heavy atom. The molecular formula is C25H27F2N3O2. The molecule has 1 amide bonds. The van der Waals surface area contributed by atoms with E-state index in [9.17, 15) is 13.6 Å². The molecule has 4 rings (SSSR count). The fraction of sp³-hybridized carbons (Fsp3) is 0.320. The van der Waals surface area contributed by atoms with Gasteiger partial charge >= 0.3 is 0 Å². The van der Waals surface area contributed by atoms with Crippen molar-refractivity contribution in [1.82, 2.24) is 4.57 Å². The summed E-state index contributed by atoms with van der Waals surface area (Å²) >= 11 is 0. The Morgan fingerprint density at radius 1 is 1.03 bits per heavy atom. The van der Waals surface area contributed by atoms with Crippen LogP contribution in [0.3, 0.4) is 0 Å². The molecule has 0 radical (unpaired) electrons. The third-order valence-electron chi connectivity index (χ3n) is 5.87. The zero-order chi connectivity index (χ0) is 22.8. The Bertz CT molecular complexity index is 1150. The highest BCUT2D eigenvalue weighted by Crippen LogP contribution is 2.33. The molecule has 1 aromatic heterocycles. The van der Waals surface area contributed by atoms with Gasteiger partial charge in [-0.3, -0.25) is 4.79 Å². The molecule has 32 heavy (non-hydrogen) atoms. The number of amides is 1. The standard InChI is InChI=1S/C25H27F2N3O2/c1-16-5-4-6-20(13-16)28-25(31)24-17(2)23(29-9-11-32-12-10-29)18(3)30(24)15-19-7-8-21(26)22(27)14-19/h4-8,13-14H,9-12,15H2,1-3H3,(H,28,31). The van der Waals surface area contributed by atoms with E-state index in [0.29, 0.717) is 30.2 Å². The topological polar surface area (TPSA) is 46.5 Å². The number of anilines is 2. The zero-order valence-corrected chi connectivity index (χ0v) is 18.5. The van der Waals surface area contributed by atoms with Crippen molar-refractivity contribution in [1.29, 1.82) is 0 Å². The molecule has 5 nitrogen and oxygen atoms in total. The average Bonchev–Trinajstić information content (AvgIpc) is 3.01. The molecule has 0 bridgehead atoms. The summed E-state index contributed by atoms with van der Waals surface area (Å²) in [7, 11) is 0. The van der Waals surface area contributed by atoms with Crippen LogP contribution in [-0.2, 0) is 11.3 Å². The lowest BCUT2D eigenvalue weighted by molar-refractivity contribution is 0.101. The van der Waals surface area contributed by atoms with Gasteiger partial charge in [0.2, 0.25) is 0 Å². The van der Waals surface area contributed by atoms with E-state index in [0.717, 1.165) is 41.7 Å². The van der Waals surface area contributed by atoms with Crippen molar-refractivity contribution in [2.45, 2.75) is 27.3 Å². The van der Waals surface area contributed by atoms with E-state index in [1.165, 1.54) is 6.07 Å². The number of aryl methyl sites for hydroxylation is 1. The molecule has 1 N–H and O–H groups in total. The summed E-state index contributed by atoms with van der Waals surface area (Å²) in [5, 5.41) is 2.99. The number of rotatable bonds is 5. The van der Waals surface area contributed by atoms with Gasteiger partial charge in [-0.1, -0.05) is 18.2 Å². The maximum atomic E-state index is 13.9. The van der Waals surface area contributed by atoms with E-state index in [4.69, 9.17) is 4.74 Å². The molecule has 1 aliphatic rings. The quantitative estimate of drug-likeness (QED) is 0.620. The molecule has 0 atom stereocenters. The van der Waals surface area contributed by atoms with Gasteiger partial charge in [-0.2, -0.15) is 0 Å². The first-order valence-electron chi connectivity index (χ1n) is 10.7. The Morgan fingerprint density at radius 3 is 2.47 bits per heavy atom. The van der Waals surface area contributed by atoms with Gasteiger partial charge in [-0.15, -0.1) is 0 Å². The highest BCUT2D eigenvalue weighted by Gasteiger charge is 2.27. The third kappa shape index (κ3) is 4.39. The van der Waals surface area contributed by atoms with Gasteiger partial charge in [0, 0.05) is 36.6 Å². The second-order valence-electron chi connectivity index (χ2n) is 8.17. The highest BCUT2D eigenvalue weighted by atomic mass is 19.2. The zero-order valence-electron chi connectivity index (χ0n) is 18.5. The fourth-order valence-corrected chi connectivity index (χ4v) is 4.36. The maximum absolute atomic E-state index is 13.9. The molecule has 3 aromatic rings. The van der Waals surface area contributed by atoms with Crippen LogP contribution < -0.4 is 10.2 Å². The number of nitrogens with zero attached hydrogens (tertiary/aromatic N) is 2. The van der Waals surface area contributed by atoms with Crippen molar-refractivity contribution in [3.63, 3.8) is 0 Å². The molecule has 0 spiro atoms. The first-order valence-corrected chi connectivity index (χ1v) is 10.7. The number of ether oxygens (including phenoxy) is 1. The van der Waals surface area contributed by atoms with Crippen LogP contribution in [-0.4, -0.2) is 36.8 Å². The molecule has 1 saturated heterocycles. The van der Waals surface area contributed by atoms with Crippen molar-refractivity contribution >= 4 is 17.3 Å². The lowest BCUT2D eigenvalue weighted by Gasteiger charge is -2.29. The van der Waals surface area contributed by atoms with Crippen molar-refractivity contribution in [3.8, 4) is 0 Å². The summed E-state index contributed by atoms with van der Waals surface area (Å²) in [6, 6.07) is 11.5. The third-order valence-corrected chi connectivity index (χ3v) is 5.87. The summed E-state index contributed by atoms with van der Waals surface area (Å²) in [5.41, 5.74) is 5.60. The molecule has 0 unspecified atom stereocenters. The number of benzene rings is 2. The predicted octanol–water partition coefficient (Wildman–Crippen LogP) is 4.83. The smallest absolute Gasteiger partial charge is 0.272 e. The fourth-order valence-electron chi connectivity index (χ4n) is 4.36. The first-order chi connectivity index (χ1) is 15.3. The van der Waals surface area contributed by atoms with Gasteiger partial charge < -0.3 is 19.5 Å². The van der Waals surface area contributed by atoms with Crippen LogP contribution in [0.2, 0.25) is 0 Å². The van der Waals surface area contributed by atoms with Gasteiger partial charge in [0.1, 0.15) is 5.69 Å². The van der Waals surface area contributed by atoms with E-state index >= 15 is 0 Å². The van der Waals surface area contributed by atoms with E-state index in [-0.39, 0.29) is 12.5 Å². The number of hydrogen-bond donors (Lipinski definition) is 1. The number of aromatic nitrogens is 1. The van der Waals surface area contributed by atoms with E-state index in [1.54, 1.807) is 6.07 Å². The number of carbonyl (C=O) groups excluding carboxylic acids is 1. The summed E-state index contributed by atoms with van der Waals surface area (Å²) in [4.78, 5) is 15.6. The van der Waals surface area contributed by atoms with Crippen LogP contribution >= 0.6 is 0 Å². The monoisotopic (exact) mass is 439 g/mol. The van der Waals surface area contributed by atoms with Crippen LogP contribution in [0.15, 0.2) is 42.5 Å². The number of morpholine rings is 1. The number of halogens is 2. The minimum absolute atomic E-state index is 0.238. The Balaban J connectivity index is 1.76. The van der Waals surface area contributed by atoms with Gasteiger partial charge in [0.15, 0.2) is 11.6 Å². The van der Waals surface area contributed by atoms with Gasteiger partial charge in [-0.25, -0.2) is 8.78 Å². The van der Waals surface area contributed by atoms with Crippen molar-refractivity contribution in [3.05, 3.63) is 82.2 Å². The summed E-state index contributed by atoms with van der Waals surface area (Å²) in [5.74, 6) is -2.03. The van der Waals surface area contributed by atoms with Crippen molar-refractivity contribution < 1.29 is 18.3 Å². The van der Waals surface area contributed by atoms with Crippen LogP contribution in [0.5, 0.6) is 0 Å². The van der Waals surface area contributed by atoms with Gasteiger partial charge in [0.05, 0.1) is 18.9 Å². The van der Waals surface area contributed by atoms with E-state index in [1.807, 2.05) is 49.6 Å². The molecular weight excluding hydrogens is 412 g/mol. The lowest BCUT2D eigenvalue weighted by Crippen LogP contribution is -2.36. The number of nitrogens with one attached hydrogen (secondary N) is 1. The van der Waals surface area contributed by atoms with Gasteiger partial charge in [0.25, 0.3) is 5.91 Å². The molecule has 1 fully saturated rings. The second-order valence-corrected chi connectivity index (χ2v) is 8.17. The highest BCUT2D eigenvalue weighted by molar-refractivity contribution is 6.05. The Kier molecular flexibility index (Phi) is 6.28. The van der Waals surface area contributed by atoms with E-state index in [2.05, 4.69) is 10.2 Å². The summed E-state index contributed by atoms with van der Waals surface area (Å²) in [6.45, 7) is 8.83. The molecule has 2 heterocycles. The summed E-state index contributed by atoms with van der Waals surface area (Å²) < 4.78 is 34.7. The molecule has 0 aliphatic carbocycles. The van der Waals surface area contributed by atoms with E-state index < -0.39 is 11.6 Å². The molecule has 1 aliphatic heterocycles. The molecule has 7 heteroatoms. The van der Waals surface area contributed by atoms with Crippen molar-refractivity contribution in [2.24, 2.45) is 0 Å². The average molecular weight is 440 g/mol. The first kappa shape index (κ1) is 22.0. The summed E-state index contributed by atoms with van der Waals surface area (Å²) in [6.07, 6.45) is 0. The van der Waals surface area contributed by atoms with Crippen LogP contribution in [0.4, 0.5) is 20.2 Å². The van der Waals surface area contributed by atoms with Crippen LogP contribution in [0.25, 0.3) is 0 Å². The minimum atomic E-state index is -0.900. The van der Waals surface area contributed by atoms with Crippen LogP contribution in [0, 0.1) is 32.4 Å². The Hall–Kier alpha value is -3.19. The predicted molar refractivity (Wildman–Crippen MR) is 122 cm³/mol. The second kappa shape index (κ2) is 9.12. The van der Waals surface area contributed by atoms with Crippen molar-refractivity contribution in [2.75, 3.05) is 36.5 Å². The lowest BCUT2D eigenvalue weighted by atomic mass is 10.1. The molecule has 2 aromatic carbocycles. The number of hydrogen-bond acceptors (Lipinski definition) is 3. The maximum Gasteiger partial charge on any atom is 0.272 e. The van der Waals surface area contributed by atoms with Crippen LogP contribution in [0.1, 0.15) is 32.9 Å². The van der Waals surface area contributed by atoms with Gasteiger partial charge in [-0.05, 0) is 56.2 Å². The minimum Gasteiger partial charge on any atom is -0.378 e. The SMILES string of the molecule is Cc1cccc(NC(=O)c2c(C)c(N3CCOCC3)c(C)n2Cc2ccc(F)c(F)c2)c1. The normalized spacial score (nSPS) is 14.0.